The quantitative estimate of drug-likeness (QED) is 0.646. The van der Waals surface area contributed by atoms with Gasteiger partial charge in [-0.25, -0.2) is 0 Å². The van der Waals surface area contributed by atoms with Crippen molar-refractivity contribution in [2.24, 2.45) is 0 Å². The van der Waals surface area contributed by atoms with Crippen LogP contribution in [0.1, 0.15) is 20.3 Å². The Morgan fingerprint density at radius 3 is 2.77 bits per heavy atom. The summed E-state index contributed by atoms with van der Waals surface area (Å²) >= 11 is 1.70. The van der Waals surface area contributed by atoms with E-state index in [1.807, 2.05) is 6.26 Å². The van der Waals surface area contributed by atoms with Crippen LogP contribution in [0, 0.1) is 0 Å². The normalized spacial score (nSPS) is 12.5. The van der Waals surface area contributed by atoms with Crippen molar-refractivity contribution in [2.75, 3.05) is 25.1 Å². The van der Waals surface area contributed by atoms with Crippen molar-refractivity contribution in [1.29, 1.82) is 0 Å². The van der Waals surface area contributed by atoms with Gasteiger partial charge >= 0.3 is 0 Å². The fraction of sp³-hybridized carbons (Fsp3) is 0.889. The van der Waals surface area contributed by atoms with Gasteiger partial charge < -0.3 is 10.6 Å². The van der Waals surface area contributed by atoms with Crippen LogP contribution in [0.3, 0.4) is 0 Å². The highest BCUT2D eigenvalue weighted by molar-refractivity contribution is 7.98. The third-order valence-corrected chi connectivity index (χ3v) is 2.30. The Morgan fingerprint density at radius 2 is 2.23 bits per heavy atom. The number of hydrogen-bond donors (Lipinski definition) is 2. The fourth-order valence-electron chi connectivity index (χ4n) is 0.971. The highest BCUT2D eigenvalue weighted by Crippen LogP contribution is 1.94. The minimum atomic E-state index is 0.152. The minimum Gasteiger partial charge on any atom is -0.355 e. The van der Waals surface area contributed by atoms with Crippen molar-refractivity contribution < 1.29 is 4.79 Å². The van der Waals surface area contributed by atoms with Gasteiger partial charge in [0.2, 0.25) is 5.91 Å². The molecular weight excluding hydrogens is 184 g/mol. The number of rotatable bonds is 7. The monoisotopic (exact) mass is 204 g/mol. The summed E-state index contributed by atoms with van der Waals surface area (Å²) in [5.41, 5.74) is 0. The average molecular weight is 204 g/mol. The highest BCUT2D eigenvalue weighted by Gasteiger charge is 2.02. The molecule has 0 aliphatic carbocycles. The first-order valence-corrected chi connectivity index (χ1v) is 6.09. The van der Waals surface area contributed by atoms with Crippen LogP contribution in [0.5, 0.6) is 0 Å². The fourth-order valence-corrected chi connectivity index (χ4v) is 1.36. The number of likely N-dealkylation sites (N-methyl/N-ethyl adjacent to an activating group) is 1. The van der Waals surface area contributed by atoms with E-state index in [9.17, 15) is 4.79 Å². The summed E-state index contributed by atoms with van der Waals surface area (Å²) in [5.74, 6) is 1.06. The van der Waals surface area contributed by atoms with Crippen molar-refractivity contribution in [2.45, 2.75) is 26.3 Å². The smallest absolute Gasteiger partial charge is 0.220 e. The molecule has 0 unspecified atom stereocenters. The van der Waals surface area contributed by atoms with Crippen LogP contribution in [0.4, 0.5) is 0 Å². The molecule has 0 radical (unpaired) electrons. The standard InChI is InChI=1S/C9H20N2OS/c1-4-10-8(2)7-11-9(12)5-6-13-3/h8,10H,4-7H2,1-3H3,(H,11,12)/t8-/m1/s1. The summed E-state index contributed by atoms with van der Waals surface area (Å²) in [7, 11) is 0. The number of hydrogen-bond acceptors (Lipinski definition) is 3. The molecule has 0 rings (SSSR count). The van der Waals surface area contributed by atoms with E-state index in [0.29, 0.717) is 12.5 Å². The molecule has 0 spiro atoms. The van der Waals surface area contributed by atoms with Crippen molar-refractivity contribution in [3.8, 4) is 0 Å². The lowest BCUT2D eigenvalue weighted by molar-refractivity contribution is -0.120. The van der Waals surface area contributed by atoms with Crippen LogP contribution in [0.2, 0.25) is 0 Å². The first kappa shape index (κ1) is 12.8. The highest BCUT2D eigenvalue weighted by atomic mass is 32.2. The first-order chi connectivity index (χ1) is 6.20. The zero-order valence-electron chi connectivity index (χ0n) is 8.72. The molecule has 78 valence electrons. The third-order valence-electron chi connectivity index (χ3n) is 1.69. The van der Waals surface area contributed by atoms with Crippen molar-refractivity contribution >= 4 is 17.7 Å². The van der Waals surface area contributed by atoms with E-state index in [0.717, 1.165) is 18.8 Å². The number of nitrogens with one attached hydrogen (secondary N) is 2. The first-order valence-electron chi connectivity index (χ1n) is 4.69. The molecule has 0 aromatic heterocycles. The zero-order valence-corrected chi connectivity index (χ0v) is 9.54. The van der Waals surface area contributed by atoms with Gasteiger partial charge in [-0.15, -0.1) is 0 Å². The molecule has 3 nitrogen and oxygen atoms in total. The predicted octanol–water partition coefficient (Wildman–Crippen LogP) is 0.854. The van der Waals surface area contributed by atoms with Gasteiger partial charge in [0.1, 0.15) is 0 Å². The van der Waals surface area contributed by atoms with Crippen molar-refractivity contribution in [3.05, 3.63) is 0 Å². The van der Waals surface area contributed by atoms with Gasteiger partial charge in [0, 0.05) is 24.8 Å². The van der Waals surface area contributed by atoms with Crippen LogP contribution in [0.25, 0.3) is 0 Å². The molecule has 0 heterocycles. The number of amides is 1. The van der Waals surface area contributed by atoms with E-state index in [1.54, 1.807) is 11.8 Å². The largest absolute Gasteiger partial charge is 0.355 e. The predicted molar refractivity (Wildman–Crippen MR) is 59.1 cm³/mol. The molecule has 1 amide bonds. The van der Waals surface area contributed by atoms with E-state index >= 15 is 0 Å². The second kappa shape index (κ2) is 8.38. The summed E-state index contributed by atoms with van der Waals surface area (Å²) in [4.78, 5) is 11.2. The van der Waals surface area contributed by atoms with E-state index in [-0.39, 0.29) is 5.91 Å². The van der Waals surface area contributed by atoms with E-state index in [2.05, 4.69) is 24.5 Å². The molecule has 0 aromatic carbocycles. The molecule has 2 N–H and O–H groups in total. The summed E-state index contributed by atoms with van der Waals surface area (Å²) in [6.45, 7) is 5.80. The van der Waals surface area contributed by atoms with Gasteiger partial charge in [-0.1, -0.05) is 6.92 Å². The summed E-state index contributed by atoms with van der Waals surface area (Å²) in [6, 6.07) is 0.364. The van der Waals surface area contributed by atoms with Crippen molar-refractivity contribution in [1.82, 2.24) is 10.6 Å². The van der Waals surface area contributed by atoms with Crippen LogP contribution in [-0.4, -0.2) is 37.0 Å². The van der Waals surface area contributed by atoms with Gasteiger partial charge in [-0.2, -0.15) is 11.8 Å². The summed E-state index contributed by atoms with van der Waals surface area (Å²) < 4.78 is 0. The van der Waals surface area contributed by atoms with E-state index in [1.165, 1.54) is 0 Å². The lowest BCUT2D eigenvalue weighted by atomic mass is 10.3. The van der Waals surface area contributed by atoms with Crippen LogP contribution >= 0.6 is 11.8 Å². The van der Waals surface area contributed by atoms with Crippen molar-refractivity contribution in [3.63, 3.8) is 0 Å². The molecule has 0 saturated heterocycles. The van der Waals surface area contributed by atoms with Crippen LogP contribution in [-0.2, 0) is 4.79 Å². The Balaban J connectivity index is 3.34. The third kappa shape index (κ3) is 8.12. The Morgan fingerprint density at radius 1 is 1.54 bits per heavy atom. The van der Waals surface area contributed by atoms with Gasteiger partial charge in [-0.3, -0.25) is 4.79 Å². The number of carbonyl (C=O) groups is 1. The van der Waals surface area contributed by atoms with E-state index in [4.69, 9.17) is 0 Å². The molecule has 0 aromatic rings. The van der Waals surface area contributed by atoms with Crippen LogP contribution in [0.15, 0.2) is 0 Å². The molecule has 0 fully saturated rings. The second-order valence-corrected chi connectivity index (χ2v) is 3.99. The molecular formula is C9H20N2OS. The molecule has 4 heteroatoms. The second-order valence-electron chi connectivity index (χ2n) is 3.01. The van der Waals surface area contributed by atoms with Crippen LogP contribution < -0.4 is 10.6 Å². The molecule has 0 aliphatic rings. The molecule has 0 aliphatic heterocycles. The Bertz CT molecular complexity index is 142. The summed E-state index contributed by atoms with van der Waals surface area (Å²) in [6.07, 6.45) is 2.63. The number of thioether (sulfide) groups is 1. The maximum absolute atomic E-state index is 11.2. The molecule has 1 atom stereocenters. The number of carbonyl (C=O) groups excluding carboxylic acids is 1. The zero-order chi connectivity index (χ0) is 10.1. The van der Waals surface area contributed by atoms with E-state index < -0.39 is 0 Å². The Labute approximate surface area is 85.0 Å². The lowest BCUT2D eigenvalue weighted by Gasteiger charge is -2.12. The van der Waals surface area contributed by atoms with Gasteiger partial charge in [-0.05, 0) is 19.7 Å². The lowest BCUT2D eigenvalue weighted by Crippen LogP contribution is -2.38. The average Bonchev–Trinajstić information content (AvgIpc) is 2.12. The Hall–Kier alpha value is -0.220. The maximum atomic E-state index is 11.2. The molecule has 0 bridgehead atoms. The Kier molecular flexibility index (Phi) is 8.24. The molecule has 0 saturated carbocycles. The maximum Gasteiger partial charge on any atom is 0.220 e. The van der Waals surface area contributed by atoms with Gasteiger partial charge in [0.25, 0.3) is 0 Å². The minimum absolute atomic E-state index is 0.152. The molecule has 13 heavy (non-hydrogen) atoms. The summed E-state index contributed by atoms with van der Waals surface area (Å²) in [5, 5.41) is 6.12. The topological polar surface area (TPSA) is 41.1 Å². The SMILES string of the molecule is CCN[C@H](C)CNC(=O)CCSC. The van der Waals surface area contributed by atoms with Gasteiger partial charge in [0.05, 0.1) is 0 Å². The van der Waals surface area contributed by atoms with Gasteiger partial charge in [0.15, 0.2) is 0 Å².